The van der Waals surface area contributed by atoms with Gasteiger partial charge in [-0.2, -0.15) is 5.10 Å². The van der Waals surface area contributed by atoms with Gasteiger partial charge in [-0.15, -0.1) is 0 Å². The summed E-state index contributed by atoms with van der Waals surface area (Å²) >= 11 is 5.83. The van der Waals surface area contributed by atoms with E-state index in [1.165, 1.54) is 6.33 Å². The Morgan fingerprint density at radius 2 is 1.85 bits per heavy atom. The molecule has 0 spiro atoms. The van der Waals surface area contributed by atoms with Crippen molar-refractivity contribution in [3.63, 3.8) is 0 Å². The number of carbonyl (C=O) groups is 1. The standard InChI is InChI=1S/C19H19ClN4O2/c20-16-5-9-18(10-6-16)26-12-2-1-11-22-19(25)15-3-7-17(8-4-15)24-14-21-13-23-24/h3-10,13-14H,1-2,11-12H2,(H,22,25). The Kier molecular flexibility index (Phi) is 6.22. The van der Waals surface area contributed by atoms with Gasteiger partial charge in [-0.05, 0) is 61.4 Å². The first-order chi connectivity index (χ1) is 12.7. The molecule has 0 fully saturated rings. The molecule has 3 rings (SSSR count). The van der Waals surface area contributed by atoms with Crippen LogP contribution in [0.3, 0.4) is 0 Å². The molecule has 0 radical (unpaired) electrons. The highest BCUT2D eigenvalue weighted by molar-refractivity contribution is 6.30. The highest BCUT2D eigenvalue weighted by Gasteiger charge is 2.05. The van der Waals surface area contributed by atoms with Crippen molar-refractivity contribution in [3.05, 3.63) is 71.8 Å². The number of rotatable bonds is 8. The molecule has 0 bridgehead atoms. The van der Waals surface area contributed by atoms with Gasteiger partial charge in [0.25, 0.3) is 5.91 Å². The summed E-state index contributed by atoms with van der Waals surface area (Å²) in [5.41, 5.74) is 1.48. The van der Waals surface area contributed by atoms with Crippen LogP contribution < -0.4 is 10.1 Å². The van der Waals surface area contributed by atoms with Gasteiger partial charge in [-0.1, -0.05) is 11.6 Å². The van der Waals surface area contributed by atoms with Crippen LogP contribution in [0.2, 0.25) is 5.02 Å². The van der Waals surface area contributed by atoms with Crippen molar-refractivity contribution >= 4 is 17.5 Å². The maximum atomic E-state index is 12.1. The summed E-state index contributed by atoms with van der Waals surface area (Å²) in [7, 11) is 0. The minimum absolute atomic E-state index is 0.0891. The third-order valence-electron chi connectivity index (χ3n) is 3.75. The van der Waals surface area contributed by atoms with E-state index in [-0.39, 0.29) is 5.91 Å². The number of halogens is 1. The minimum atomic E-state index is -0.0891. The fourth-order valence-electron chi connectivity index (χ4n) is 2.36. The number of benzene rings is 2. The molecule has 1 amide bonds. The summed E-state index contributed by atoms with van der Waals surface area (Å²) in [6.07, 6.45) is 4.78. The quantitative estimate of drug-likeness (QED) is 0.616. The summed E-state index contributed by atoms with van der Waals surface area (Å²) in [6.45, 7) is 1.21. The third kappa shape index (κ3) is 5.07. The van der Waals surface area contributed by atoms with E-state index in [1.807, 2.05) is 24.3 Å². The molecule has 1 aromatic heterocycles. The second-order valence-corrected chi connectivity index (χ2v) is 6.09. The highest BCUT2D eigenvalue weighted by atomic mass is 35.5. The smallest absolute Gasteiger partial charge is 0.251 e. The Morgan fingerprint density at radius 1 is 1.08 bits per heavy atom. The fourth-order valence-corrected chi connectivity index (χ4v) is 2.48. The van der Waals surface area contributed by atoms with Gasteiger partial charge in [0, 0.05) is 17.1 Å². The van der Waals surface area contributed by atoms with Gasteiger partial charge in [-0.25, -0.2) is 9.67 Å². The van der Waals surface area contributed by atoms with E-state index in [9.17, 15) is 4.79 Å². The fraction of sp³-hybridized carbons (Fsp3) is 0.211. The van der Waals surface area contributed by atoms with Gasteiger partial charge in [-0.3, -0.25) is 4.79 Å². The summed E-state index contributed by atoms with van der Waals surface area (Å²) in [5.74, 6) is 0.708. The van der Waals surface area contributed by atoms with Crippen LogP contribution in [0.15, 0.2) is 61.2 Å². The molecule has 0 saturated carbocycles. The van der Waals surface area contributed by atoms with E-state index in [2.05, 4.69) is 15.4 Å². The number of nitrogens with zero attached hydrogens (tertiary/aromatic N) is 3. The average Bonchev–Trinajstić information content (AvgIpc) is 3.21. The Labute approximate surface area is 156 Å². The first-order valence-electron chi connectivity index (χ1n) is 8.34. The number of unbranched alkanes of at least 4 members (excludes halogenated alkanes) is 1. The van der Waals surface area contributed by atoms with E-state index in [0.717, 1.165) is 24.3 Å². The molecule has 0 unspecified atom stereocenters. The Balaban J connectivity index is 1.35. The van der Waals surface area contributed by atoms with Crippen molar-refractivity contribution in [2.24, 2.45) is 0 Å². The van der Waals surface area contributed by atoms with Crippen LogP contribution >= 0.6 is 11.6 Å². The predicted octanol–water partition coefficient (Wildman–Crippen LogP) is 3.51. The summed E-state index contributed by atoms with van der Waals surface area (Å²) in [6, 6.07) is 14.5. The Bertz CT molecular complexity index is 818. The van der Waals surface area contributed by atoms with E-state index < -0.39 is 0 Å². The molecule has 2 aromatic carbocycles. The maximum Gasteiger partial charge on any atom is 0.251 e. The molecule has 0 aliphatic carbocycles. The first-order valence-corrected chi connectivity index (χ1v) is 8.72. The van der Waals surface area contributed by atoms with E-state index in [1.54, 1.807) is 35.3 Å². The number of amides is 1. The predicted molar refractivity (Wildman–Crippen MR) is 99.9 cm³/mol. The molecule has 134 valence electrons. The number of hydrogen-bond acceptors (Lipinski definition) is 4. The zero-order valence-corrected chi connectivity index (χ0v) is 14.9. The second kappa shape index (κ2) is 9.01. The third-order valence-corrected chi connectivity index (χ3v) is 4.00. The van der Waals surface area contributed by atoms with Crippen molar-refractivity contribution < 1.29 is 9.53 Å². The number of nitrogens with one attached hydrogen (secondary N) is 1. The molecule has 1 N–H and O–H groups in total. The Morgan fingerprint density at radius 3 is 2.54 bits per heavy atom. The molecule has 26 heavy (non-hydrogen) atoms. The van der Waals surface area contributed by atoms with Crippen LogP contribution in [0.25, 0.3) is 5.69 Å². The van der Waals surface area contributed by atoms with E-state index in [0.29, 0.717) is 23.7 Å². The lowest BCUT2D eigenvalue weighted by Gasteiger charge is -2.08. The first kappa shape index (κ1) is 17.9. The van der Waals surface area contributed by atoms with Crippen molar-refractivity contribution in [2.45, 2.75) is 12.8 Å². The summed E-state index contributed by atoms with van der Waals surface area (Å²) in [5, 5.41) is 7.65. The van der Waals surface area contributed by atoms with E-state index >= 15 is 0 Å². The van der Waals surface area contributed by atoms with Crippen molar-refractivity contribution in [3.8, 4) is 11.4 Å². The maximum absolute atomic E-state index is 12.1. The van der Waals surface area contributed by atoms with Crippen molar-refractivity contribution in [2.75, 3.05) is 13.2 Å². The lowest BCUT2D eigenvalue weighted by atomic mass is 10.2. The second-order valence-electron chi connectivity index (χ2n) is 5.65. The minimum Gasteiger partial charge on any atom is -0.494 e. The normalized spacial score (nSPS) is 10.5. The molecular weight excluding hydrogens is 352 g/mol. The highest BCUT2D eigenvalue weighted by Crippen LogP contribution is 2.15. The molecule has 1 heterocycles. The van der Waals surface area contributed by atoms with Crippen LogP contribution in [0.1, 0.15) is 23.2 Å². The number of aromatic nitrogens is 3. The molecule has 3 aromatic rings. The van der Waals surface area contributed by atoms with Crippen LogP contribution in [-0.4, -0.2) is 33.8 Å². The van der Waals surface area contributed by atoms with Gasteiger partial charge in [0.1, 0.15) is 18.4 Å². The average molecular weight is 371 g/mol. The van der Waals surface area contributed by atoms with Crippen LogP contribution in [0.4, 0.5) is 0 Å². The van der Waals surface area contributed by atoms with Gasteiger partial charge in [0.05, 0.1) is 12.3 Å². The van der Waals surface area contributed by atoms with Crippen LogP contribution in [0.5, 0.6) is 5.75 Å². The zero-order chi connectivity index (χ0) is 18.2. The van der Waals surface area contributed by atoms with Gasteiger partial charge >= 0.3 is 0 Å². The molecule has 7 heteroatoms. The monoisotopic (exact) mass is 370 g/mol. The van der Waals surface area contributed by atoms with Gasteiger partial charge in [0.15, 0.2) is 0 Å². The largest absolute Gasteiger partial charge is 0.494 e. The van der Waals surface area contributed by atoms with Gasteiger partial charge < -0.3 is 10.1 Å². The van der Waals surface area contributed by atoms with Crippen LogP contribution in [-0.2, 0) is 0 Å². The molecule has 0 aliphatic rings. The van der Waals surface area contributed by atoms with E-state index in [4.69, 9.17) is 16.3 Å². The lowest BCUT2D eigenvalue weighted by Crippen LogP contribution is -2.24. The Hall–Kier alpha value is -2.86. The molecule has 0 atom stereocenters. The topological polar surface area (TPSA) is 69.0 Å². The zero-order valence-electron chi connectivity index (χ0n) is 14.1. The summed E-state index contributed by atoms with van der Waals surface area (Å²) in [4.78, 5) is 16.0. The van der Waals surface area contributed by atoms with Crippen molar-refractivity contribution in [1.29, 1.82) is 0 Å². The summed E-state index contributed by atoms with van der Waals surface area (Å²) < 4.78 is 7.26. The molecule has 0 aliphatic heterocycles. The van der Waals surface area contributed by atoms with Gasteiger partial charge in [0.2, 0.25) is 0 Å². The van der Waals surface area contributed by atoms with Crippen LogP contribution in [0, 0.1) is 0 Å². The number of carbonyl (C=O) groups excluding carboxylic acids is 1. The van der Waals surface area contributed by atoms with Crippen molar-refractivity contribution in [1.82, 2.24) is 20.1 Å². The lowest BCUT2D eigenvalue weighted by molar-refractivity contribution is 0.0952. The molecular formula is C19H19ClN4O2. The molecule has 0 saturated heterocycles. The SMILES string of the molecule is O=C(NCCCCOc1ccc(Cl)cc1)c1ccc(-n2cncn2)cc1. The molecule has 6 nitrogen and oxygen atoms in total. The number of hydrogen-bond donors (Lipinski definition) is 1. The number of ether oxygens (including phenoxy) is 1.